The molecule has 2 aromatic carbocycles. The van der Waals surface area contributed by atoms with E-state index in [1.807, 2.05) is 0 Å². The number of aromatic nitrogens is 1. The number of pyridine rings is 1. The zero-order valence-corrected chi connectivity index (χ0v) is 23.3. The van der Waals surface area contributed by atoms with Gasteiger partial charge in [0.05, 0.1) is 29.3 Å². The molecule has 0 bridgehead atoms. The molecule has 1 fully saturated rings. The number of ether oxygens (including phenoxy) is 2. The third-order valence-corrected chi connectivity index (χ3v) is 6.76. The van der Waals surface area contributed by atoms with Crippen molar-refractivity contribution in [3.63, 3.8) is 0 Å². The molecule has 1 unspecified atom stereocenters. The molecule has 1 N–H and O–H groups in total. The van der Waals surface area contributed by atoms with Crippen LogP contribution in [0, 0.1) is 11.7 Å². The summed E-state index contributed by atoms with van der Waals surface area (Å²) in [5.74, 6) is -2.06. The van der Waals surface area contributed by atoms with Crippen molar-refractivity contribution >= 4 is 29.2 Å². The van der Waals surface area contributed by atoms with Crippen LogP contribution < -0.4 is 10.1 Å². The zero-order chi connectivity index (χ0) is 29.2. The maximum absolute atomic E-state index is 15.0. The molecule has 4 rings (SSSR count). The lowest BCUT2D eigenvalue weighted by Crippen LogP contribution is -2.24. The molecule has 40 heavy (non-hydrogen) atoms. The lowest BCUT2D eigenvalue weighted by Gasteiger charge is -2.20. The van der Waals surface area contributed by atoms with Crippen LogP contribution in [0.15, 0.2) is 48.7 Å². The highest BCUT2D eigenvalue weighted by Crippen LogP contribution is 2.43. The maximum atomic E-state index is 15.0. The lowest BCUT2D eigenvalue weighted by atomic mass is 9.94. The van der Waals surface area contributed by atoms with Crippen LogP contribution in [0.3, 0.4) is 0 Å². The van der Waals surface area contributed by atoms with Gasteiger partial charge in [0.1, 0.15) is 17.2 Å². The highest BCUT2D eigenvalue weighted by atomic mass is 35.5. The van der Waals surface area contributed by atoms with Crippen molar-refractivity contribution in [2.24, 2.45) is 5.92 Å². The number of esters is 1. The zero-order valence-electron chi connectivity index (χ0n) is 22.6. The van der Waals surface area contributed by atoms with E-state index in [1.54, 1.807) is 45.0 Å². The van der Waals surface area contributed by atoms with Gasteiger partial charge >= 0.3 is 5.97 Å². The van der Waals surface area contributed by atoms with Gasteiger partial charge in [-0.3, -0.25) is 9.78 Å². The molecular weight excluding hydrogens is 545 g/mol. The summed E-state index contributed by atoms with van der Waals surface area (Å²) in [6.45, 7) is 5.33. The van der Waals surface area contributed by atoms with E-state index in [4.69, 9.17) is 21.1 Å². The van der Waals surface area contributed by atoms with Crippen LogP contribution >= 0.6 is 11.6 Å². The van der Waals surface area contributed by atoms with Gasteiger partial charge in [0.15, 0.2) is 0 Å². The Hall–Kier alpha value is -3.59. The van der Waals surface area contributed by atoms with E-state index < -0.39 is 40.9 Å². The Balaban J connectivity index is 1.62. The van der Waals surface area contributed by atoms with Gasteiger partial charge in [-0.15, -0.1) is 0 Å². The van der Waals surface area contributed by atoms with Gasteiger partial charge in [0.2, 0.25) is 5.91 Å². The first-order valence-corrected chi connectivity index (χ1v) is 13.2. The number of carbonyl (C=O) groups excluding carboxylic acids is 2. The number of amides is 1. The molecule has 0 spiro atoms. The highest BCUT2D eigenvalue weighted by Gasteiger charge is 2.33. The molecule has 0 radical (unpaired) electrons. The summed E-state index contributed by atoms with van der Waals surface area (Å²) in [5, 5.41) is 2.55. The van der Waals surface area contributed by atoms with Crippen molar-refractivity contribution in [1.29, 1.82) is 0 Å². The first kappa shape index (κ1) is 29.4. The Kier molecular flexibility index (Phi) is 8.73. The number of hydrogen-bond acceptors (Lipinski definition) is 5. The number of hydrogen-bond donors (Lipinski definition) is 1. The van der Waals surface area contributed by atoms with E-state index in [0.717, 1.165) is 25.0 Å². The van der Waals surface area contributed by atoms with Gasteiger partial charge in [0.25, 0.3) is 6.43 Å². The first-order valence-electron chi connectivity index (χ1n) is 12.8. The van der Waals surface area contributed by atoms with Crippen LogP contribution in [0.1, 0.15) is 74.0 Å². The van der Waals surface area contributed by atoms with Crippen molar-refractivity contribution < 1.29 is 32.2 Å². The Morgan fingerprint density at radius 3 is 2.38 bits per heavy atom. The molecule has 6 nitrogen and oxygen atoms in total. The summed E-state index contributed by atoms with van der Waals surface area (Å²) in [4.78, 5) is 30.1. The largest absolute Gasteiger partial charge is 0.496 e. The number of methoxy groups -OCH3 is 1. The van der Waals surface area contributed by atoms with Gasteiger partial charge in [-0.05, 0) is 63.4 Å². The average Bonchev–Trinajstić information content (AvgIpc) is 3.72. The smallest absolute Gasteiger partial charge is 0.338 e. The van der Waals surface area contributed by atoms with Gasteiger partial charge in [-0.25, -0.2) is 18.0 Å². The number of nitrogens with one attached hydrogen (secondary N) is 1. The number of rotatable bonds is 9. The van der Waals surface area contributed by atoms with Crippen LogP contribution in [0.4, 0.5) is 18.9 Å². The fraction of sp³-hybridized carbons (Fsp3) is 0.367. The number of benzene rings is 2. The summed E-state index contributed by atoms with van der Waals surface area (Å²) in [5.41, 5.74) is -0.390. The molecule has 1 heterocycles. The summed E-state index contributed by atoms with van der Waals surface area (Å²) in [6, 6.07) is 9.96. The predicted molar refractivity (Wildman–Crippen MR) is 146 cm³/mol. The monoisotopic (exact) mass is 574 g/mol. The van der Waals surface area contributed by atoms with E-state index in [2.05, 4.69) is 10.3 Å². The molecular formula is C30H30ClF3N2O4. The van der Waals surface area contributed by atoms with Crippen molar-refractivity contribution in [2.75, 3.05) is 12.4 Å². The number of carbonyl (C=O) groups is 2. The second kappa shape index (κ2) is 11.9. The number of nitrogens with zero attached hydrogens (tertiary/aromatic N) is 1. The Bertz CT molecular complexity index is 1400. The molecule has 1 amide bonds. The van der Waals surface area contributed by atoms with Crippen molar-refractivity contribution in [3.05, 3.63) is 76.3 Å². The van der Waals surface area contributed by atoms with Crippen LogP contribution in [-0.4, -0.2) is 29.6 Å². The first-order chi connectivity index (χ1) is 18.9. The highest BCUT2D eigenvalue weighted by molar-refractivity contribution is 6.31. The third kappa shape index (κ3) is 6.94. The van der Waals surface area contributed by atoms with E-state index >= 15 is 0 Å². The minimum Gasteiger partial charge on any atom is -0.496 e. The predicted octanol–water partition coefficient (Wildman–Crippen LogP) is 7.97. The molecule has 1 saturated carbocycles. The lowest BCUT2D eigenvalue weighted by molar-refractivity contribution is -0.117. The SMILES string of the molecule is COc1cc(C(CC2CC2)C(=O)Nc2ccc(C(=O)OC(C)(C)C)cc2)ncc1-c1c(C(F)F)ccc(Cl)c1F. The van der Waals surface area contributed by atoms with E-state index in [1.165, 1.54) is 19.4 Å². The Morgan fingerprint density at radius 1 is 1.12 bits per heavy atom. The molecule has 1 aromatic heterocycles. The van der Waals surface area contributed by atoms with Crippen molar-refractivity contribution in [3.8, 4) is 16.9 Å². The normalized spacial score (nSPS) is 14.1. The Morgan fingerprint density at radius 2 is 1.80 bits per heavy atom. The molecule has 0 aliphatic heterocycles. The number of alkyl halides is 2. The Labute approximate surface area is 235 Å². The molecule has 3 aromatic rings. The van der Waals surface area contributed by atoms with Gasteiger partial charge in [-0.2, -0.15) is 0 Å². The van der Waals surface area contributed by atoms with Gasteiger partial charge < -0.3 is 14.8 Å². The molecule has 10 heteroatoms. The van der Waals surface area contributed by atoms with Crippen LogP contribution in [-0.2, 0) is 9.53 Å². The van der Waals surface area contributed by atoms with Crippen LogP contribution in [0.5, 0.6) is 5.75 Å². The summed E-state index contributed by atoms with van der Waals surface area (Å²) < 4.78 is 53.2. The molecule has 1 aliphatic rings. The topological polar surface area (TPSA) is 77.5 Å². The fourth-order valence-corrected chi connectivity index (χ4v) is 4.48. The molecule has 1 aliphatic carbocycles. The molecule has 212 valence electrons. The van der Waals surface area contributed by atoms with Crippen molar-refractivity contribution in [2.45, 2.75) is 58.0 Å². The second-order valence-electron chi connectivity index (χ2n) is 10.7. The quantitative estimate of drug-likeness (QED) is 0.262. The minimum atomic E-state index is -2.96. The molecule has 1 atom stereocenters. The third-order valence-electron chi connectivity index (χ3n) is 6.47. The number of anilines is 1. The number of halogens is 4. The minimum absolute atomic E-state index is 0.00450. The van der Waals surface area contributed by atoms with E-state index in [-0.39, 0.29) is 22.2 Å². The summed E-state index contributed by atoms with van der Waals surface area (Å²) >= 11 is 5.90. The van der Waals surface area contributed by atoms with Crippen molar-refractivity contribution in [1.82, 2.24) is 4.98 Å². The van der Waals surface area contributed by atoms with Gasteiger partial charge in [-0.1, -0.05) is 30.5 Å². The second-order valence-corrected chi connectivity index (χ2v) is 11.1. The summed E-state index contributed by atoms with van der Waals surface area (Å²) in [6.07, 6.45) is 0.758. The van der Waals surface area contributed by atoms with E-state index in [9.17, 15) is 22.8 Å². The maximum Gasteiger partial charge on any atom is 0.338 e. The van der Waals surface area contributed by atoms with E-state index in [0.29, 0.717) is 29.3 Å². The van der Waals surface area contributed by atoms with Crippen LogP contribution in [0.2, 0.25) is 5.02 Å². The standard InChI is InChI=1S/C30H30ClF3N2O4/c1-30(2,3)40-29(38)17-7-9-18(10-8-17)36-28(37)20(13-16-5-6-16)23-14-24(39-4)21(15-35-23)25-19(27(33)34)11-12-22(31)26(25)32/h7-12,14-16,20,27H,5-6,13H2,1-4H3,(H,36,37). The molecule has 0 saturated heterocycles. The summed E-state index contributed by atoms with van der Waals surface area (Å²) in [7, 11) is 1.33. The average molecular weight is 575 g/mol. The van der Waals surface area contributed by atoms with Gasteiger partial charge in [0, 0.05) is 34.6 Å². The van der Waals surface area contributed by atoms with Crippen LogP contribution in [0.25, 0.3) is 11.1 Å². The fourth-order valence-electron chi connectivity index (χ4n) is 4.33.